The van der Waals surface area contributed by atoms with E-state index in [1.165, 1.54) is 24.6 Å². The van der Waals surface area contributed by atoms with Crippen LogP contribution in [-0.4, -0.2) is 83.6 Å². The number of nitrogens with zero attached hydrogens (tertiary/aromatic N) is 4. The number of hydrogen-bond acceptors (Lipinski definition) is 9. The Kier molecular flexibility index (Phi) is 4.95. The standard InChI is InChI=1S/C21H27N5O4/c1-29-17-16(28)15(9-27)30-20(17)26-11-24-18-19(26)23-10-25-21(18,22)14-7-6-12-4-2-3-5-13(12)8-14/h2-5,10,14-17,20,27-28H,6-9,11,22H2,1H3/t14?,15-,16-,17-,20-,21?/m1/s1. The summed E-state index contributed by atoms with van der Waals surface area (Å²) in [5.41, 5.74) is 9.25. The van der Waals surface area contributed by atoms with Crippen LogP contribution in [0.1, 0.15) is 17.5 Å². The van der Waals surface area contributed by atoms with Crippen LogP contribution in [0.15, 0.2) is 39.2 Å². The fourth-order valence-corrected chi connectivity index (χ4v) is 5.05. The van der Waals surface area contributed by atoms with Crippen LogP contribution < -0.4 is 5.73 Å². The first-order chi connectivity index (χ1) is 14.6. The maximum atomic E-state index is 10.4. The van der Waals surface area contributed by atoms with E-state index >= 15 is 0 Å². The van der Waals surface area contributed by atoms with Gasteiger partial charge in [-0.05, 0) is 30.4 Å². The second kappa shape index (κ2) is 7.51. The molecule has 1 fully saturated rings. The van der Waals surface area contributed by atoms with E-state index in [4.69, 9.17) is 20.2 Å². The predicted molar refractivity (Wildman–Crippen MR) is 111 cm³/mol. The van der Waals surface area contributed by atoms with Crippen molar-refractivity contribution >= 4 is 17.9 Å². The zero-order chi connectivity index (χ0) is 20.9. The van der Waals surface area contributed by atoms with Gasteiger partial charge in [-0.3, -0.25) is 4.99 Å². The Labute approximate surface area is 174 Å². The van der Waals surface area contributed by atoms with E-state index in [1.807, 2.05) is 4.90 Å². The molecule has 4 aliphatic rings. The molecule has 0 bridgehead atoms. The van der Waals surface area contributed by atoms with Gasteiger partial charge in [0.15, 0.2) is 17.7 Å². The molecule has 4 N–H and O–H groups in total. The van der Waals surface area contributed by atoms with Gasteiger partial charge < -0.3 is 30.3 Å². The Morgan fingerprint density at radius 1 is 1.33 bits per heavy atom. The highest BCUT2D eigenvalue weighted by atomic mass is 16.6. The summed E-state index contributed by atoms with van der Waals surface area (Å²) < 4.78 is 11.3. The van der Waals surface area contributed by atoms with E-state index in [-0.39, 0.29) is 19.2 Å². The van der Waals surface area contributed by atoms with Gasteiger partial charge in [-0.2, -0.15) is 0 Å². The molecule has 0 saturated carbocycles. The summed E-state index contributed by atoms with van der Waals surface area (Å²) >= 11 is 0. The molecule has 1 aromatic rings. The first-order valence-electron chi connectivity index (χ1n) is 10.3. The average molecular weight is 413 g/mol. The number of methoxy groups -OCH3 is 1. The number of amidine groups is 1. The monoisotopic (exact) mass is 413 g/mol. The molecular formula is C21H27N5O4. The lowest BCUT2D eigenvalue weighted by atomic mass is 9.75. The molecule has 5 rings (SSSR count). The number of nitrogens with two attached hydrogens (primary N) is 1. The molecule has 0 aromatic heterocycles. The van der Waals surface area contributed by atoms with Crippen LogP contribution in [0.25, 0.3) is 0 Å². The van der Waals surface area contributed by atoms with E-state index < -0.39 is 30.2 Å². The van der Waals surface area contributed by atoms with Gasteiger partial charge in [0.05, 0.1) is 6.61 Å². The van der Waals surface area contributed by atoms with Crippen LogP contribution in [0.4, 0.5) is 0 Å². The Hall–Kier alpha value is -2.17. The maximum absolute atomic E-state index is 10.4. The van der Waals surface area contributed by atoms with Gasteiger partial charge in [0, 0.05) is 13.0 Å². The van der Waals surface area contributed by atoms with Crippen molar-refractivity contribution in [1.82, 2.24) is 4.90 Å². The highest BCUT2D eigenvalue weighted by Gasteiger charge is 2.53. The fourth-order valence-electron chi connectivity index (χ4n) is 5.05. The summed E-state index contributed by atoms with van der Waals surface area (Å²) in [5, 5.41) is 19.9. The fraction of sp³-hybridized carbons (Fsp3) is 0.571. The number of fused-ring (bicyclic) bond motifs is 2. The van der Waals surface area contributed by atoms with Crippen LogP contribution in [0.5, 0.6) is 0 Å². The third kappa shape index (κ3) is 2.92. The molecule has 1 saturated heterocycles. The summed E-state index contributed by atoms with van der Waals surface area (Å²) in [6.45, 7) is -0.00942. The Morgan fingerprint density at radius 2 is 2.13 bits per heavy atom. The summed E-state index contributed by atoms with van der Waals surface area (Å²) in [5.74, 6) is 0.704. The smallest absolute Gasteiger partial charge is 0.162 e. The second-order valence-electron chi connectivity index (χ2n) is 8.29. The molecule has 0 radical (unpaired) electrons. The van der Waals surface area contributed by atoms with Gasteiger partial charge in [-0.25, -0.2) is 9.98 Å². The number of aryl methyl sites for hydroxylation is 1. The number of benzene rings is 1. The van der Waals surface area contributed by atoms with Gasteiger partial charge >= 0.3 is 0 Å². The minimum atomic E-state index is -0.963. The topological polar surface area (TPSA) is 125 Å². The minimum absolute atomic E-state index is 0.103. The van der Waals surface area contributed by atoms with E-state index in [1.54, 1.807) is 0 Å². The zero-order valence-corrected chi connectivity index (χ0v) is 16.9. The number of aliphatic hydroxyl groups is 2. The Bertz CT molecular complexity index is 918. The molecule has 9 heteroatoms. The molecular weight excluding hydrogens is 386 g/mol. The minimum Gasteiger partial charge on any atom is -0.394 e. The van der Waals surface area contributed by atoms with E-state index in [9.17, 15) is 10.2 Å². The molecule has 3 heterocycles. The molecule has 160 valence electrons. The van der Waals surface area contributed by atoms with E-state index in [0.29, 0.717) is 11.5 Å². The molecule has 0 spiro atoms. The first kappa shape index (κ1) is 19.8. The van der Waals surface area contributed by atoms with Crippen LogP contribution in [0.2, 0.25) is 0 Å². The predicted octanol–water partition coefficient (Wildman–Crippen LogP) is -0.306. The number of rotatable bonds is 4. The molecule has 2 unspecified atom stereocenters. The van der Waals surface area contributed by atoms with Crippen molar-refractivity contribution in [2.24, 2.45) is 26.6 Å². The van der Waals surface area contributed by atoms with Gasteiger partial charge in [0.2, 0.25) is 0 Å². The molecule has 9 nitrogen and oxygen atoms in total. The number of ether oxygens (including phenoxy) is 2. The Balaban J connectivity index is 1.40. The van der Waals surface area contributed by atoms with Gasteiger partial charge in [0.1, 0.15) is 37.0 Å². The summed E-state index contributed by atoms with van der Waals surface area (Å²) in [4.78, 5) is 15.6. The van der Waals surface area contributed by atoms with Crippen molar-refractivity contribution in [3.05, 3.63) is 35.4 Å². The van der Waals surface area contributed by atoms with E-state index in [0.717, 1.165) is 19.3 Å². The number of aliphatic imine (C=N–C) groups is 3. The summed E-state index contributed by atoms with van der Waals surface area (Å²) in [6, 6.07) is 8.45. The van der Waals surface area contributed by atoms with Crippen molar-refractivity contribution in [3.8, 4) is 0 Å². The van der Waals surface area contributed by atoms with Crippen molar-refractivity contribution in [2.45, 2.75) is 49.5 Å². The van der Waals surface area contributed by atoms with Crippen LogP contribution >= 0.6 is 0 Å². The van der Waals surface area contributed by atoms with Gasteiger partial charge in [-0.15, -0.1) is 0 Å². The van der Waals surface area contributed by atoms with Crippen molar-refractivity contribution in [3.63, 3.8) is 0 Å². The van der Waals surface area contributed by atoms with Crippen LogP contribution in [0.3, 0.4) is 0 Å². The normalized spacial score (nSPS) is 37.6. The van der Waals surface area contributed by atoms with Crippen LogP contribution in [-0.2, 0) is 22.3 Å². The lowest BCUT2D eigenvalue weighted by Crippen LogP contribution is -2.60. The molecule has 1 aromatic carbocycles. The average Bonchev–Trinajstić information content (AvgIpc) is 3.34. The highest BCUT2D eigenvalue weighted by Crippen LogP contribution is 2.37. The molecule has 3 aliphatic heterocycles. The lowest BCUT2D eigenvalue weighted by molar-refractivity contribution is -0.0765. The molecule has 6 atom stereocenters. The SMILES string of the molecule is CO[C@@H]1[C@H](O)[C@@H](CO)O[C@H]1N1CN=C2C1=NC=NC2(N)C1CCc2ccccc2C1. The number of hydrogen-bond donors (Lipinski definition) is 3. The second-order valence-corrected chi connectivity index (χ2v) is 8.29. The largest absolute Gasteiger partial charge is 0.394 e. The van der Waals surface area contributed by atoms with Crippen molar-refractivity contribution in [1.29, 1.82) is 0 Å². The van der Waals surface area contributed by atoms with Crippen LogP contribution in [0, 0.1) is 5.92 Å². The number of aliphatic hydroxyl groups excluding tert-OH is 2. The summed E-state index contributed by atoms with van der Waals surface area (Å²) in [6.07, 6.45) is 1.30. The van der Waals surface area contributed by atoms with Crippen molar-refractivity contribution < 1.29 is 19.7 Å². The highest BCUT2D eigenvalue weighted by molar-refractivity contribution is 6.47. The Morgan fingerprint density at radius 3 is 2.90 bits per heavy atom. The quantitative estimate of drug-likeness (QED) is 0.622. The zero-order valence-electron chi connectivity index (χ0n) is 16.9. The molecule has 0 amide bonds. The maximum Gasteiger partial charge on any atom is 0.162 e. The third-order valence-corrected chi connectivity index (χ3v) is 6.74. The van der Waals surface area contributed by atoms with Gasteiger partial charge in [-0.1, -0.05) is 24.3 Å². The molecule has 30 heavy (non-hydrogen) atoms. The summed E-state index contributed by atoms with van der Waals surface area (Å²) in [7, 11) is 1.51. The van der Waals surface area contributed by atoms with Gasteiger partial charge in [0.25, 0.3) is 0 Å². The first-order valence-corrected chi connectivity index (χ1v) is 10.3. The lowest BCUT2D eigenvalue weighted by Gasteiger charge is -2.39. The molecule has 1 aliphatic carbocycles. The third-order valence-electron chi connectivity index (χ3n) is 6.74. The van der Waals surface area contributed by atoms with E-state index in [2.05, 4.69) is 34.3 Å². The van der Waals surface area contributed by atoms with Crippen molar-refractivity contribution in [2.75, 3.05) is 20.4 Å².